The summed E-state index contributed by atoms with van der Waals surface area (Å²) in [6.07, 6.45) is 13.5. The molecule has 0 aliphatic heterocycles. The van der Waals surface area contributed by atoms with Gasteiger partial charge in [0.25, 0.3) is 0 Å². The van der Waals surface area contributed by atoms with Gasteiger partial charge in [-0.05, 0) is 50.4 Å². The van der Waals surface area contributed by atoms with Gasteiger partial charge in [-0.1, -0.05) is 32.1 Å². The van der Waals surface area contributed by atoms with Gasteiger partial charge in [-0.2, -0.15) is 0 Å². The highest BCUT2D eigenvalue weighted by Crippen LogP contribution is 2.49. The molecule has 2 saturated carbocycles. The Labute approximate surface area is 123 Å². The smallest absolute Gasteiger partial charge is 0.304 e. The van der Waals surface area contributed by atoms with Crippen LogP contribution in [0.3, 0.4) is 0 Å². The molecule has 116 valence electrons. The van der Waals surface area contributed by atoms with Gasteiger partial charge in [0.2, 0.25) is 0 Å². The van der Waals surface area contributed by atoms with Crippen molar-refractivity contribution in [3.63, 3.8) is 0 Å². The van der Waals surface area contributed by atoms with Crippen molar-refractivity contribution in [3.8, 4) is 0 Å². The Balaban J connectivity index is 1.69. The van der Waals surface area contributed by atoms with Gasteiger partial charge in [0, 0.05) is 6.92 Å². The van der Waals surface area contributed by atoms with Crippen LogP contribution in [0.1, 0.15) is 78.1 Å². The molecule has 2 unspecified atom stereocenters. The van der Waals surface area contributed by atoms with Gasteiger partial charge in [0.05, 0.1) is 6.61 Å². The van der Waals surface area contributed by atoms with Crippen molar-refractivity contribution >= 4 is 5.97 Å². The first kappa shape index (κ1) is 15.8. The van der Waals surface area contributed by atoms with Crippen LogP contribution < -0.4 is 0 Å². The molecule has 0 saturated heterocycles. The molecule has 0 aromatic heterocycles. The highest BCUT2D eigenvalue weighted by Gasteiger charge is 2.36. The zero-order valence-corrected chi connectivity index (χ0v) is 13.2. The molecule has 0 amide bonds. The minimum absolute atomic E-state index is 0.267. The molecule has 20 heavy (non-hydrogen) atoms. The summed E-state index contributed by atoms with van der Waals surface area (Å²) in [5, 5.41) is 0. The molecule has 0 bridgehead atoms. The molecular formula is C17H30O3. The van der Waals surface area contributed by atoms with Crippen molar-refractivity contribution < 1.29 is 14.3 Å². The summed E-state index contributed by atoms with van der Waals surface area (Å²) >= 11 is 0. The first-order valence-electron chi connectivity index (χ1n) is 8.38. The molecule has 0 aromatic carbocycles. The second-order valence-corrected chi connectivity index (χ2v) is 6.86. The zero-order valence-electron chi connectivity index (χ0n) is 13.2. The molecule has 0 aromatic rings. The minimum atomic E-state index is -0.403. The monoisotopic (exact) mass is 282 g/mol. The number of hydrogen-bond acceptors (Lipinski definition) is 3. The van der Waals surface area contributed by atoms with E-state index in [1.54, 1.807) is 6.92 Å². The van der Waals surface area contributed by atoms with Gasteiger partial charge >= 0.3 is 5.97 Å². The third-order valence-corrected chi connectivity index (χ3v) is 5.17. The van der Waals surface area contributed by atoms with Crippen LogP contribution in [0.4, 0.5) is 0 Å². The summed E-state index contributed by atoms with van der Waals surface area (Å²) in [4.78, 5) is 10.8. The Kier molecular flexibility index (Phi) is 5.88. The summed E-state index contributed by atoms with van der Waals surface area (Å²) in [5.74, 6) is 0.544. The van der Waals surface area contributed by atoms with Crippen molar-refractivity contribution in [3.05, 3.63) is 0 Å². The molecular weight excluding hydrogens is 252 g/mol. The Morgan fingerprint density at radius 2 is 1.90 bits per heavy atom. The first-order valence-corrected chi connectivity index (χ1v) is 8.38. The zero-order chi connectivity index (χ0) is 14.4. The van der Waals surface area contributed by atoms with Gasteiger partial charge in [0.1, 0.15) is 0 Å². The van der Waals surface area contributed by atoms with Gasteiger partial charge in [0.15, 0.2) is 6.29 Å². The van der Waals surface area contributed by atoms with E-state index in [2.05, 4.69) is 0 Å². The number of carbonyl (C=O) groups is 1. The molecule has 3 heteroatoms. The molecule has 2 rings (SSSR count). The predicted octanol–water partition coefficient (Wildman–Crippen LogP) is 4.44. The summed E-state index contributed by atoms with van der Waals surface area (Å²) in [6.45, 7) is 3.94. The van der Waals surface area contributed by atoms with E-state index in [0.717, 1.165) is 18.9 Å². The Morgan fingerprint density at radius 1 is 1.20 bits per heavy atom. The van der Waals surface area contributed by atoms with E-state index in [-0.39, 0.29) is 5.97 Å². The fourth-order valence-electron chi connectivity index (χ4n) is 4.25. The van der Waals surface area contributed by atoms with Crippen LogP contribution in [-0.4, -0.2) is 18.9 Å². The lowest BCUT2D eigenvalue weighted by Gasteiger charge is -2.44. The molecule has 3 nitrogen and oxygen atoms in total. The van der Waals surface area contributed by atoms with Crippen LogP contribution >= 0.6 is 0 Å². The highest BCUT2D eigenvalue weighted by atomic mass is 16.7. The van der Waals surface area contributed by atoms with E-state index < -0.39 is 6.29 Å². The second kappa shape index (κ2) is 7.44. The number of carbonyl (C=O) groups excluding carboxylic acids is 1. The fourth-order valence-corrected chi connectivity index (χ4v) is 4.25. The average Bonchev–Trinajstić information content (AvgIpc) is 2.39. The summed E-state index contributed by atoms with van der Waals surface area (Å²) in [6, 6.07) is 0. The van der Waals surface area contributed by atoms with Crippen LogP contribution in [0, 0.1) is 11.3 Å². The number of rotatable bonds is 5. The molecule has 0 heterocycles. The maximum atomic E-state index is 10.8. The molecule has 0 N–H and O–H groups in total. The van der Waals surface area contributed by atoms with Gasteiger partial charge in [-0.3, -0.25) is 4.79 Å². The largest absolute Gasteiger partial charge is 0.436 e. The normalized spacial score (nSPS) is 27.2. The lowest BCUT2D eigenvalue weighted by atomic mass is 9.62. The van der Waals surface area contributed by atoms with Crippen molar-refractivity contribution in [2.24, 2.45) is 11.3 Å². The quantitative estimate of drug-likeness (QED) is 0.552. The lowest BCUT2D eigenvalue weighted by molar-refractivity contribution is -0.172. The first-order chi connectivity index (χ1) is 9.60. The van der Waals surface area contributed by atoms with E-state index in [9.17, 15) is 4.79 Å². The molecule has 2 atom stereocenters. The number of ether oxygens (including phenoxy) is 2. The maximum absolute atomic E-state index is 10.8. The number of esters is 1. The molecule has 1 spiro atoms. The third kappa shape index (κ3) is 4.76. The molecule has 0 radical (unpaired) electrons. The van der Waals surface area contributed by atoms with E-state index in [1.165, 1.54) is 64.7 Å². The standard InChI is InChI=1S/C17H30O3/c1-14(18)20-15(2)19-12-8-16-7-6-11-17(13-16)9-4-3-5-10-17/h15-16H,3-13H2,1-2H3. The summed E-state index contributed by atoms with van der Waals surface area (Å²) in [7, 11) is 0. The lowest BCUT2D eigenvalue weighted by Crippen LogP contribution is -2.31. The van der Waals surface area contributed by atoms with E-state index in [1.807, 2.05) is 0 Å². The van der Waals surface area contributed by atoms with Crippen molar-refractivity contribution in [2.45, 2.75) is 84.3 Å². The van der Waals surface area contributed by atoms with Crippen molar-refractivity contribution in [1.82, 2.24) is 0 Å². The van der Waals surface area contributed by atoms with Gasteiger partial charge in [-0.25, -0.2) is 0 Å². The highest BCUT2D eigenvalue weighted by molar-refractivity contribution is 5.65. The molecule has 2 aliphatic rings. The third-order valence-electron chi connectivity index (χ3n) is 5.17. The van der Waals surface area contributed by atoms with E-state index >= 15 is 0 Å². The van der Waals surface area contributed by atoms with Crippen LogP contribution in [0.15, 0.2) is 0 Å². The van der Waals surface area contributed by atoms with E-state index in [0.29, 0.717) is 5.41 Å². The van der Waals surface area contributed by atoms with Gasteiger partial charge in [-0.15, -0.1) is 0 Å². The van der Waals surface area contributed by atoms with Crippen LogP contribution in [0.25, 0.3) is 0 Å². The summed E-state index contributed by atoms with van der Waals surface area (Å²) in [5.41, 5.74) is 0.669. The predicted molar refractivity (Wildman–Crippen MR) is 79.3 cm³/mol. The fraction of sp³-hybridized carbons (Fsp3) is 0.941. The van der Waals surface area contributed by atoms with Crippen LogP contribution in [-0.2, 0) is 14.3 Å². The van der Waals surface area contributed by atoms with Gasteiger partial charge < -0.3 is 9.47 Å². The van der Waals surface area contributed by atoms with Crippen molar-refractivity contribution in [1.29, 1.82) is 0 Å². The molecule has 2 aliphatic carbocycles. The SMILES string of the molecule is CC(=O)OC(C)OCCC1CCCC2(CCCCC2)C1. The Hall–Kier alpha value is -0.570. The minimum Gasteiger partial charge on any atom is -0.436 e. The number of hydrogen-bond donors (Lipinski definition) is 0. The maximum Gasteiger partial charge on any atom is 0.304 e. The van der Waals surface area contributed by atoms with Crippen molar-refractivity contribution in [2.75, 3.05) is 6.61 Å². The Morgan fingerprint density at radius 3 is 2.60 bits per heavy atom. The second-order valence-electron chi connectivity index (χ2n) is 6.86. The topological polar surface area (TPSA) is 35.5 Å². The molecule has 2 fully saturated rings. The van der Waals surface area contributed by atoms with E-state index in [4.69, 9.17) is 9.47 Å². The van der Waals surface area contributed by atoms with Crippen LogP contribution in [0.2, 0.25) is 0 Å². The average molecular weight is 282 g/mol. The Bertz CT molecular complexity index is 302. The summed E-state index contributed by atoms with van der Waals surface area (Å²) < 4.78 is 10.6. The van der Waals surface area contributed by atoms with Crippen LogP contribution in [0.5, 0.6) is 0 Å².